The molecule has 0 radical (unpaired) electrons. The number of hydrogen-bond acceptors (Lipinski definition) is 6. The maximum absolute atomic E-state index is 14.4. The van der Waals surface area contributed by atoms with Crippen molar-refractivity contribution in [1.82, 2.24) is 28.9 Å². The molecule has 6 rings (SSSR count). The molecule has 4 aromatic rings. The van der Waals surface area contributed by atoms with E-state index in [0.29, 0.717) is 28.7 Å². The van der Waals surface area contributed by atoms with Crippen molar-refractivity contribution in [3.8, 4) is 5.69 Å². The molecule has 3 heterocycles. The van der Waals surface area contributed by atoms with Crippen LogP contribution in [0.25, 0.3) is 11.8 Å². The molecule has 1 aromatic carbocycles. The highest BCUT2D eigenvalue weighted by Crippen LogP contribution is 2.51. The number of sulfonamides is 1. The fourth-order valence-electron chi connectivity index (χ4n) is 6.37. The van der Waals surface area contributed by atoms with E-state index in [9.17, 15) is 39.6 Å². The number of nitrogens with zero attached hydrogens (tertiary/aromatic N) is 6. The number of halogens is 6. The number of alkyl halides is 5. The van der Waals surface area contributed by atoms with Crippen molar-refractivity contribution >= 4 is 21.9 Å². The third-order valence-corrected chi connectivity index (χ3v) is 10.5. The first-order valence-corrected chi connectivity index (χ1v) is 15.7. The molecule has 3 aromatic heterocycles. The second kappa shape index (κ2) is 11.5. The zero-order valence-corrected chi connectivity index (χ0v) is 24.9. The highest BCUT2D eigenvalue weighted by molar-refractivity contribution is 7.89. The van der Waals surface area contributed by atoms with Crippen LogP contribution in [-0.4, -0.2) is 55.6 Å². The Morgan fingerprint density at radius 3 is 2.46 bits per heavy atom. The van der Waals surface area contributed by atoms with Crippen molar-refractivity contribution in [1.29, 1.82) is 0 Å². The standard InChI is InChI=1S/C30H26F6N6O3S/c1-2-41(46(44,45)26-11-12-40(39-26)28(32)33)23-7-3-19-13-25-18(16-38-42(25)22-8-5-21(31)6-9-22)14-29(19,15-23)27(43)24-10-4-20(17-37-24)30(34,35)36/h4-6,8-13,16-17,23,28H,2-3,7,14-15H2,1H3/t23-,29-/m0/s1. The van der Waals surface area contributed by atoms with E-state index in [0.717, 1.165) is 28.7 Å². The number of Topliss-reactive ketones (excluding diaryl/α,β-unsaturated/α-hetero) is 1. The van der Waals surface area contributed by atoms with Gasteiger partial charge < -0.3 is 0 Å². The van der Waals surface area contributed by atoms with Crippen molar-refractivity contribution in [2.45, 2.75) is 56.4 Å². The van der Waals surface area contributed by atoms with Gasteiger partial charge in [0.15, 0.2) is 10.8 Å². The van der Waals surface area contributed by atoms with Crippen LogP contribution < -0.4 is 0 Å². The average Bonchev–Trinajstić information content (AvgIpc) is 3.68. The van der Waals surface area contributed by atoms with Gasteiger partial charge >= 0.3 is 12.7 Å². The lowest BCUT2D eigenvalue weighted by molar-refractivity contribution is -0.137. The molecule has 1 fully saturated rings. The molecule has 1 saturated carbocycles. The maximum Gasteiger partial charge on any atom is 0.417 e. The minimum Gasteiger partial charge on any atom is -0.291 e. The van der Waals surface area contributed by atoms with Crippen LogP contribution in [-0.2, 0) is 22.6 Å². The Kier molecular flexibility index (Phi) is 7.91. The quantitative estimate of drug-likeness (QED) is 0.167. The van der Waals surface area contributed by atoms with Gasteiger partial charge in [-0.2, -0.15) is 36.5 Å². The van der Waals surface area contributed by atoms with E-state index >= 15 is 0 Å². The van der Waals surface area contributed by atoms with Crippen molar-refractivity contribution < 1.29 is 39.6 Å². The number of rotatable bonds is 8. The summed E-state index contributed by atoms with van der Waals surface area (Å²) in [6.07, 6.45) is 0.516. The average molecular weight is 665 g/mol. The summed E-state index contributed by atoms with van der Waals surface area (Å²) in [6, 6.07) is 7.58. The van der Waals surface area contributed by atoms with E-state index in [4.69, 9.17) is 0 Å². The lowest BCUT2D eigenvalue weighted by Crippen LogP contribution is -2.50. The molecule has 9 nitrogen and oxygen atoms in total. The highest BCUT2D eigenvalue weighted by atomic mass is 32.2. The molecule has 0 bridgehead atoms. The van der Waals surface area contributed by atoms with Gasteiger partial charge in [0.2, 0.25) is 0 Å². The molecule has 46 heavy (non-hydrogen) atoms. The number of carbonyl (C=O) groups excluding carboxylic acids is 1. The second-order valence-electron chi connectivity index (χ2n) is 11.1. The van der Waals surface area contributed by atoms with Gasteiger partial charge in [0, 0.05) is 25.0 Å². The van der Waals surface area contributed by atoms with Gasteiger partial charge in [0.25, 0.3) is 10.0 Å². The molecule has 0 saturated heterocycles. The Morgan fingerprint density at radius 2 is 1.85 bits per heavy atom. The van der Waals surface area contributed by atoms with Gasteiger partial charge in [0.05, 0.1) is 28.6 Å². The summed E-state index contributed by atoms with van der Waals surface area (Å²) in [6.45, 7) is -1.54. The minimum absolute atomic E-state index is 0.0327. The van der Waals surface area contributed by atoms with Gasteiger partial charge in [-0.1, -0.05) is 12.5 Å². The first-order valence-electron chi connectivity index (χ1n) is 14.2. The number of aromatic nitrogens is 5. The topological polar surface area (TPSA) is 103 Å². The Morgan fingerprint density at radius 1 is 1.11 bits per heavy atom. The number of hydrogen-bond donors (Lipinski definition) is 0. The number of fused-ring (bicyclic) bond motifs is 2. The first-order chi connectivity index (χ1) is 21.7. The lowest BCUT2D eigenvalue weighted by Gasteiger charge is -2.46. The van der Waals surface area contributed by atoms with Crippen LogP contribution >= 0.6 is 0 Å². The van der Waals surface area contributed by atoms with Crippen LogP contribution in [0.3, 0.4) is 0 Å². The summed E-state index contributed by atoms with van der Waals surface area (Å²) in [5.74, 6) is -1.03. The van der Waals surface area contributed by atoms with Crippen molar-refractivity contribution in [2.24, 2.45) is 5.41 Å². The van der Waals surface area contributed by atoms with Crippen molar-refractivity contribution in [3.05, 3.63) is 95.0 Å². The van der Waals surface area contributed by atoms with Crippen LogP contribution in [0.15, 0.2) is 71.7 Å². The zero-order valence-electron chi connectivity index (χ0n) is 24.1. The third kappa shape index (κ3) is 5.42. The number of ketones is 1. The Labute approximate surface area is 259 Å². The van der Waals surface area contributed by atoms with Crippen molar-refractivity contribution in [3.63, 3.8) is 0 Å². The van der Waals surface area contributed by atoms with E-state index in [2.05, 4.69) is 15.2 Å². The first kappa shape index (κ1) is 31.7. The Balaban J connectivity index is 1.42. The van der Waals surface area contributed by atoms with Gasteiger partial charge in [-0.15, -0.1) is 0 Å². The second-order valence-corrected chi connectivity index (χ2v) is 13.0. The maximum atomic E-state index is 14.4. The molecule has 16 heteroatoms. The van der Waals surface area contributed by atoms with Gasteiger partial charge in [-0.3, -0.25) is 9.78 Å². The molecule has 0 amide bonds. The molecule has 2 aliphatic rings. The summed E-state index contributed by atoms with van der Waals surface area (Å²) in [5, 5.41) is 7.41. The van der Waals surface area contributed by atoms with Gasteiger partial charge in [-0.05, 0) is 79.8 Å². The number of pyridine rings is 1. The molecule has 0 N–H and O–H groups in total. The fourth-order valence-corrected chi connectivity index (χ4v) is 7.95. The van der Waals surface area contributed by atoms with Crippen molar-refractivity contribution in [2.75, 3.05) is 6.54 Å². The summed E-state index contributed by atoms with van der Waals surface area (Å²) in [7, 11) is -4.39. The smallest absolute Gasteiger partial charge is 0.291 e. The fraction of sp³-hybridized carbons (Fsp3) is 0.333. The molecule has 2 atom stereocenters. The van der Waals surface area contributed by atoms with Crippen LogP contribution in [0.2, 0.25) is 0 Å². The van der Waals surface area contributed by atoms with E-state index < -0.39 is 56.4 Å². The molecule has 0 unspecified atom stereocenters. The predicted octanol–water partition coefficient (Wildman–Crippen LogP) is 6.09. The van der Waals surface area contributed by atoms with Gasteiger partial charge in [-0.25, -0.2) is 22.2 Å². The number of allylic oxidation sites excluding steroid dienone is 1. The van der Waals surface area contributed by atoms with Gasteiger partial charge in [0.1, 0.15) is 11.5 Å². The monoisotopic (exact) mass is 664 g/mol. The van der Waals surface area contributed by atoms with E-state index in [1.807, 2.05) is 0 Å². The van der Waals surface area contributed by atoms with Crippen LogP contribution in [0.5, 0.6) is 0 Å². The third-order valence-electron chi connectivity index (χ3n) is 8.54. The van der Waals surface area contributed by atoms with Crippen LogP contribution in [0, 0.1) is 11.2 Å². The molecule has 0 spiro atoms. The number of carbonyl (C=O) groups is 1. The molecule has 242 valence electrons. The highest BCUT2D eigenvalue weighted by Gasteiger charge is 2.52. The largest absolute Gasteiger partial charge is 0.417 e. The van der Waals surface area contributed by atoms with E-state index in [-0.39, 0.29) is 42.6 Å². The summed E-state index contributed by atoms with van der Waals surface area (Å²) in [4.78, 5) is 18.2. The van der Waals surface area contributed by atoms with Crippen LogP contribution in [0.1, 0.15) is 60.0 Å². The minimum atomic E-state index is -4.67. The molecular weight excluding hydrogens is 638 g/mol. The molecule has 2 aliphatic carbocycles. The normalized spacial score (nSPS) is 20.0. The predicted molar refractivity (Wildman–Crippen MR) is 152 cm³/mol. The Bertz CT molecular complexity index is 1920. The summed E-state index contributed by atoms with van der Waals surface area (Å²) >= 11 is 0. The molecular formula is C30H26F6N6O3S. The van der Waals surface area contributed by atoms with E-state index in [1.165, 1.54) is 30.5 Å². The van der Waals surface area contributed by atoms with Crippen LogP contribution in [0.4, 0.5) is 26.3 Å². The molecule has 0 aliphatic heterocycles. The summed E-state index contributed by atoms with van der Waals surface area (Å²) in [5.41, 5.74) is -0.264. The lowest BCUT2D eigenvalue weighted by atomic mass is 9.60. The Hall–Kier alpha value is -4.31. The summed E-state index contributed by atoms with van der Waals surface area (Å²) < 4.78 is 110. The number of benzene rings is 1. The SMILES string of the molecule is CCN([C@H]1CCC2=Cc3c(cnn3-c3ccc(F)cc3)C[C@]2(C(=O)c2ccc(C(F)(F)F)cn2)C1)S(=O)(=O)c1ccn(C(F)F)n1. The van der Waals surface area contributed by atoms with E-state index in [1.54, 1.807) is 17.7 Å². The zero-order chi connectivity index (χ0) is 33.0.